The Hall–Kier alpha value is -0.860. The van der Waals surface area contributed by atoms with Crippen LogP contribution in [0.4, 0.5) is 0 Å². The summed E-state index contributed by atoms with van der Waals surface area (Å²) in [6.45, 7) is 0. The zero-order valence-corrected chi connectivity index (χ0v) is 10.8. The van der Waals surface area contributed by atoms with Gasteiger partial charge in [-0.3, -0.25) is 0 Å². The van der Waals surface area contributed by atoms with E-state index < -0.39 is 0 Å². The van der Waals surface area contributed by atoms with E-state index in [4.69, 9.17) is 0 Å². The minimum Gasteiger partial charge on any atom is -0.393 e. The Labute approximate surface area is 109 Å². The van der Waals surface area contributed by atoms with Crippen molar-refractivity contribution >= 4 is 0 Å². The largest absolute Gasteiger partial charge is 0.393 e. The highest BCUT2D eigenvalue weighted by Gasteiger charge is 2.37. The van der Waals surface area contributed by atoms with Gasteiger partial charge in [-0.25, -0.2) is 0 Å². The number of benzene rings is 1. The van der Waals surface area contributed by atoms with Crippen molar-refractivity contribution in [1.82, 2.24) is 0 Å². The van der Waals surface area contributed by atoms with E-state index in [1.54, 1.807) is 0 Å². The molecule has 1 aromatic rings. The summed E-state index contributed by atoms with van der Waals surface area (Å²) >= 11 is 0. The SMILES string of the molecule is OC1CCCCC1C1CCc2ccccc2C1O. The van der Waals surface area contributed by atoms with Gasteiger partial charge in [0.25, 0.3) is 0 Å². The molecule has 98 valence electrons. The number of rotatable bonds is 1. The number of aliphatic hydroxyl groups excluding tert-OH is 2. The Morgan fingerprint density at radius 3 is 2.50 bits per heavy atom. The first kappa shape index (κ1) is 12.2. The molecule has 2 heteroatoms. The Morgan fingerprint density at radius 1 is 0.889 bits per heavy atom. The van der Waals surface area contributed by atoms with Gasteiger partial charge in [-0.2, -0.15) is 0 Å². The number of hydrogen-bond acceptors (Lipinski definition) is 2. The second kappa shape index (κ2) is 5.02. The van der Waals surface area contributed by atoms with E-state index in [-0.39, 0.29) is 18.1 Å². The van der Waals surface area contributed by atoms with Crippen LogP contribution in [-0.2, 0) is 6.42 Å². The Balaban J connectivity index is 1.83. The lowest BCUT2D eigenvalue weighted by molar-refractivity contribution is -0.0235. The van der Waals surface area contributed by atoms with Crippen molar-refractivity contribution in [2.45, 2.75) is 50.7 Å². The van der Waals surface area contributed by atoms with Crippen molar-refractivity contribution in [3.8, 4) is 0 Å². The van der Waals surface area contributed by atoms with Crippen LogP contribution in [0.25, 0.3) is 0 Å². The number of aryl methyl sites for hydroxylation is 1. The number of fused-ring (bicyclic) bond motifs is 1. The standard InChI is InChI=1S/C16H22O2/c17-15-8-4-3-7-13(15)14-10-9-11-5-1-2-6-12(11)16(14)18/h1-2,5-6,13-18H,3-4,7-10H2. The molecule has 18 heavy (non-hydrogen) atoms. The third kappa shape index (κ3) is 2.08. The average Bonchev–Trinajstić information content (AvgIpc) is 2.41. The molecule has 2 N–H and O–H groups in total. The zero-order valence-electron chi connectivity index (χ0n) is 10.8. The predicted molar refractivity (Wildman–Crippen MR) is 71.2 cm³/mol. The van der Waals surface area contributed by atoms with Gasteiger partial charge >= 0.3 is 0 Å². The maximum atomic E-state index is 10.6. The molecule has 0 spiro atoms. The summed E-state index contributed by atoms with van der Waals surface area (Å²) < 4.78 is 0. The van der Waals surface area contributed by atoms with Crippen LogP contribution in [0.1, 0.15) is 49.3 Å². The van der Waals surface area contributed by atoms with Crippen LogP contribution in [0.5, 0.6) is 0 Å². The summed E-state index contributed by atoms with van der Waals surface area (Å²) in [6, 6.07) is 8.20. The first-order valence-corrected chi connectivity index (χ1v) is 7.21. The van der Waals surface area contributed by atoms with Crippen molar-refractivity contribution in [1.29, 1.82) is 0 Å². The van der Waals surface area contributed by atoms with Crippen LogP contribution in [0.2, 0.25) is 0 Å². The zero-order chi connectivity index (χ0) is 12.5. The van der Waals surface area contributed by atoms with E-state index in [1.807, 2.05) is 18.2 Å². The summed E-state index contributed by atoms with van der Waals surface area (Å²) in [6.07, 6.45) is 5.79. The van der Waals surface area contributed by atoms with Crippen LogP contribution in [-0.4, -0.2) is 16.3 Å². The van der Waals surface area contributed by atoms with Crippen LogP contribution < -0.4 is 0 Å². The van der Waals surface area contributed by atoms with Gasteiger partial charge in [0.15, 0.2) is 0 Å². The van der Waals surface area contributed by atoms with Crippen molar-refractivity contribution in [2.24, 2.45) is 11.8 Å². The summed E-state index contributed by atoms with van der Waals surface area (Å²) in [7, 11) is 0. The Bertz CT molecular complexity index is 415. The van der Waals surface area contributed by atoms with Crippen LogP contribution in [0.3, 0.4) is 0 Å². The summed E-state index contributed by atoms with van der Waals surface area (Å²) in [4.78, 5) is 0. The molecule has 2 aliphatic carbocycles. The molecule has 0 aromatic heterocycles. The third-order valence-electron chi connectivity index (χ3n) is 4.86. The van der Waals surface area contributed by atoms with Gasteiger partial charge in [0.2, 0.25) is 0 Å². The van der Waals surface area contributed by atoms with Crippen LogP contribution in [0.15, 0.2) is 24.3 Å². The van der Waals surface area contributed by atoms with Gasteiger partial charge in [-0.1, -0.05) is 37.1 Å². The molecule has 2 nitrogen and oxygen atoms in total. The lowest BCUT2D eigenvalue weighted by Gasteiger charge is -2.40. The van der Waals surface area contributed by atoms with Gasteiger partial charge < -0.3 is 10.2 Å². The molecule has 0 amide bonds. The molecule has 4 atom stereocenters. The molecule has 1 saturated carbocycles. The highest BCUT2D eigenvalue weighted by molar-refractivity contribution is 5.32. The lowest BCUT2D eigenvalue weighted by Crippen LogP contribution is -2.36. The molecule has 1 aromatic carbocycles. The highest BCUT2D eigenvalue weighted by atomic mass is 16.3. The number of hydrogen-bond donors (Lipinski definition) is 2. The Morgan fingerprint density at radius 2 is 1.67 bits per heavy atom. The summed E-state index contributed by atoms with van der Waals surface area (Å²) in [5.74, 6) is 0.539. The fourth-order valence-corrected chi connectivity index (χ4v) is 3.85. The molecule has 1 fully saturated rings. The molecular formula is C16H22O2. The topological polar surface area (TPSA) is 40.5 Å². The second-order valence-electron chi connectivity index (χ2n) is 5.86. The lowest BCUT2D eigenvalue weighted by atomic mass is 9.69. The third-order valence-corrected chi connectivity index (χ3v) is 4.86. The molecular weight excluding hydrogens is 224 g/mol. The van der Waals surface area contributed by atoms with Crippen LogP contribution in [0, 0.1) is 11.8 Å². The van der Waals surface area contributed by atoms with Crippen molar-refractivity contribution in [3.63, 3.8) is 0 Å². The maximum absolute atomic E-state index is 10.6. The van der Waals surface area contributed by atoms with Crippen LogP contribution >= 0.6 is 0 Å². The number of aliphatic hydroxyl groups is 2. The smallest absolute Gasteiger partial charge is 0.0824 e. The fourth-order valence-electron chi connectivity index (χ4n) is 3.85. The van der Waals surface area contributed by atoms with Crippen molar-refractivity contribution in [2.75, 3.05) is 0 Å². The Kier molecular flexibility index (Phi) is 3.40. The van der Waals surface area contributed by atoms with Gasteiger partial charge in [0.05, 0.1) is 12.2 Å². The van der Waals surface area contributed by atoms with Gasteiger partial charge in [-0.05, 0) is 48.6 Å². The normalized spacial score (nSPS) is 36.1. The van der Waals surface area contributed by atoms with E-state index in [9.17, 15) is 10.2 Å². The molecule has 0 bridgehead atoms. The molecule has 0 radical (unpaired) electrons. The van der Waals surface area contributed by atoms with Crippen molar-refractivity contribution in [3.05, 3.63) is 35.4 Å². The fraction of sp³-hybridized carbons (Fsp3) is 0.625. The van der Waals surface area contributed by atoms with Gasteiger partial charge in [0.1, 0.15) is 0 Å². The molecule has 4 unspecified atom stereocenters. The molecule has 0 saturated heterocycles. The van der Waals surface area contributed by atoms with Crippen molar-refractivity contribution < 1.29 is 10.2 Å². The quantitative estimate of drug-likeness (QED) is 0.800. The van der Waals surface area contributed by atoms with E-state index >= 15 is 0 Å². The average molecular weight is 246 g/mol. The predicted octanol–water partition coefficient (Wildman–Crippen LogP) is 2.83. The highest BCUT2D eigenvalue weighted by Crippen LogP contribution is 2.43. The maximum Gasteiger partial charge on any atom is 0.0824 e. The van der Waals surface area contributed by atoms with Gasteiger partial charge in [-0.15, -0.1) is 0 Å². The first-order valence-electron chi connectivity index (χ1n) is 7.21. The summed E-state index contributed by atoms with van der Waals surface area (Å²) in [5.41, 5.74) is 2.37. The minimum absolute atomic E-state index is 0.205. The summed E-state index contributed by atoms with van der Waals surface area (Å²) in [5, 5.41) is 20.8. The molecule has 0 heterocycles. The second-order valence-corrected chi connectivity index (χ2v) is 5.86. The molecule has 0 aliphatic heterocycles. The van der Waals surface area contributed by atoms with E-state index in [2.05, 4.69) is 6.07 Å². The van der Waals surface area contributed by atoms with E-state index in [1.165, 1.54) is 12.0 Å². The monoisotopic (exact) mass is 246 g/mol. The van der Waals surface area contributed by atoms with Gasteiger partial charge in [0, 0.05) is 0 Å². The first-order chi connectivity index (χ1) is 8.77. The van der Waals surface area contributed by atoms with E-state index in [0.29, 0.717) is 5.92 Å². The molecule has 3 rings (SSSR count). The molecule has 2 aliphatic rings. The minimum atomic E-state index is -0.382. The van der Waals surface area contributed by atoms with E-state index in [0.717, 1.165) is 37.7 Å².